The summed E-state index contributed by atoms with van der Waals surface area (Å²) in [7, 11) is 0. The van der Waals surface area contributed by atoms with E-state index in [1.807, 2.05) is 42.5 Å². The van der Waals surface area contributed by atoms with Crippen molar-refractivity contribution in [1.82, 2.24) is 19.9 Å². The van der Waals surface area contributed by atoms with Gasteiger partial charge in [-0.15, -0.1) is 0 Å². The molecule has 232 valence electrons. The molecule has 0 atom stereocenters. The highest BCUT2D eigenvalue weighted by molar-refractivity contribution is 6.28. The zero-order chi connectivity index (χ0) is 33.0. The summed E-state index contributed by atoms with van der Waals surface area (Å²) in [5.74, 6) is 0.644. The van der Waals surface area contributed by atoms with Gasteiger partial charge in [-0.1, -0.05) is 121 Å². The second-order valence-electron chi connectivity index (χ2n) is 12.6. The second kappa shape index (κ2) is 11.4. The van der Waals surface area contributed by atoms with Gasteiger partial charge in [-0.3, -0.25) is 9.97 Å². The van der Waals surface area contributed by atoms with Crippen LogP contribution in [0.25, 0.3) is 100 Å². The van der Waals surface area contributed by atoms with E-state index in [2.05, 4.69) is 125 Å². The number of nitrogens with zero attached hydrogens (tertiary/aromatic N) is 4. The third-order valence-electron chi connectivity index (χ3n) is 9.74. The highest BCUT2D eigenvalue weighted by atomic mass is 14.9. The molecule has 0 amide bonds. The summed E-state index contributed by atoms with van der Waals surface area (Å²) in [6.45, 7) is 0. The Balaban J connectivity index is 1.30. The van der Waals surface area contributed by atoms with E-state index in [1.54, 1.807) is 12.4 Å². The Morgan fingerprint density at radius 1 is 0.320 bits per heavy atom. The second-order valence-corrected chi connectivity index (χ2v) is 12.6. The highest BCUT2D eigenvalue weighted by Crippen LogP contribution is 2.58. The molecule has 1 aliphatic rings. The maximum absolute atomic E-state index is 5.15. The Morgan fingerprint density at radius 2 is 0.800 bits per heavy atom. The van der Waals surface area contributed by atoms with Crippen LogP contribution in [0.5, 0.6) is 0 Å². The van der Waals surface area contributed by atoms with Crippen molar-refractivity contribution in [2.75, 3.05) is 0 Å². The molecule has 10 rings (SSSR count). The first-order valence-corrected chi connectivity index (χ1v) is 16.8. The third kappa shape index (κ3) is 4.39. The van der Waals surface area contributed by atoms with Crippen molar-refractivity contribution in [2.24, 2.45) is 0 Å². The summed E-state index contributed by atoms with van der Waals surface area (Å²) in [5.41, 5.74) is 14.0. The molecule has 1 aliphatic carbocycles. The highest BCUT2D eigenvalue weighted by Gasteiger charge is 2.31. The van der Waals surface area contributed by atoms with Crippen LogP contribution >= 0.6 is 0 Å². The minimum atomic E-state index is 0.644. The molecule has 3 aromatic heterocycles. The smallest absolute Gasteiger partial charge is 0.161 e. The van der Waals surface area contributed by atoms with Crippen molar-refractivity contribution in [2.45, 2.75) is 0 Å². The van der Waals surface area contributed by atoms with Gasteiger partial charge in [0.1, 0.15) is 0 Å². The normalized spacial score (nSPS) is 11.6. The van der Waals surface area contributed by atoms with E-state index in [-0.39, 0.29) is 0 Å². The summed E-state index contributed by atoms with van der Waals surface area (Å²) in [5, 5.41) is 4.82. The molecule has 50 heavy (non-hydrogen) atoms. The number of hydrogen-bond acceptors (Lipinski definition) is 4. The molecule has 0 bridgehead atoms. The van der Waals surface area contributed by atoms with Crippen LogP contribution < -0.4 is 0 Å². The average Bonchev–Trinajstić information content (AvgIpc) is 3.53. The minimum absolute atomic E-state index is 0.644. The molecule has 0 spiro atoms. The van der Waals surface area contributed by atoms with Crippen LogP contribution in [0.2, 0.25) is 0 Å². The van der Waals surface area contributed by atoms with Gasteiger partial charge < -0.3 is 0 Å². The van der Waals surface area contributed by atoms with E-state index < -0.39 is 0 Å². The fourth-order valence-electron chi connectivity index (χ4n) is 7.66. The molecule has 3 heterocycles. The Labute approximate surface area is 289 Å². The van der Waals surface area contributed by atoms with Gasteiger partial charge in [-0.25, -0.2) is 9.97 Å². The van der Waals surface area contributed by atoms with Gasteiger partial charge in [-0.05, 0) is 102 Å². The molecule has 0 fully saturated rings. The summed E-state index contributed by atoms with van der Waals surface area (Å²) >= 11 is 0. The van der Waals surface area contributed by atoms with E-state index in [9.17, 15) is 0 Å². The van der Waals surface area contributed by atoms with Crippen LogP contribution in [-0.2, 0) is 0 Å². The predicted molar refractivity (Wildman–Crippen MR) is 204 cm³/mol. The molecule has 0 unspecified atom stereocenters. The maximum atomic E-state index is 5.15. The molecule has 6 aromatic carbocycles. The number of rotatable bonds is 5. The molecular weight excluding hydrogens is 609 g/mol. The van der Waals surface area contributed by atoms with Gasteiger partial charge in [0, 0.05) is 18.0 Å². The lowest BCUT2D eigenvalue weighted by molar-refractivity contribution is 1.15. The SMILES string of the molecule is c1ccc(-c2c3c(c(-c4ccccc4)c4ccccc24)-c2ccc(-c4nc(-c5ccccn5)cc(-c5ccccn5)n4)c4cccc-3c24)cc1. The van der Waals surface area contributed by atoms with Crippen LogP contribution in [0.4, 0.5) is 0 Å². The fraction of sp³-hybridized carbons (Fsp3) is 0. The summed E-state index contributed by atoms with van der Waals surface area (Å²) in [6, 6.07) is 55.4. The Morgan fingerprint density at radius 3 is 1.34 bits per heavy atom. The number of hydrogen-bond donors (Lipinski definition) is 0. The lowest BCUT2D eigenvalue weighted by Gasteiger charge is -2.20. The van der Waals surface area contributed by atoms with Crippen molar-refractivity contribution < 1.29 is 0 Å². The molecule has 0 aliphatic heterocycles. The number of aromatic nitrogens is 4. The molecule has 0 saturated heterocycles. The first kappa shape index (κ1) is 28.3. The van der Waals surface area contributed by atoms with E-state index in [1.165, 1.54) is 60.7 Å². The van der Waals surface area contributed by atoms with Crippen molar-refractivity contribution in [3.63, 3.8) is 0 Å². The number of fused-ring (bicyclic) bond motifs is 4. The first-order valence-electron chi connectivity index (χ1n) is 16.8. The molecule has 0 radical (unpaired) electrons. The number of benzene rings is 6. The van der Waals surface area contributed by atoms with E-state index in [4.69, 9.17) is 9.97 Å². The van der Waals surface area contributed by atoms with Crippen LogP contribution in [-0.4, -0.2) is 19.9 Å². The van der Waals surface area contributed by atoms with Crippen molar-refractivity contribution >= 4 is 21.5 Å². The van der Waals surface area contributed by atoms with Gasteiger partial charge >= 0.3 is 0 Å². The van der Waals surface area contributed by atoms with Crippen LogP contribution in [0, 0.1) is 0 Å². The van der Waals surface area contributed by atoms with Crippen molar-refractivity contribution in [3.8, 4) is 78.7 Å². The average molecular weight is 637 g/mol. The molecule has 9 aromatic rings. The van der Waals surface area contributed by atoms with Gasteiger partial charge in [0.25, 0.3) is 0 Å². The van der Waals surface area contributed by atoms with Gasteiger partial charge in [0.05, 0.1) is 22.8 Å². The molecular formula is C46H28N4. The monoisotopic (exact) mass is 636 g/mol. The van der Waals surface area contributed by atoms with Gasteiger partial charge in [0.15, 0.2) is 5.82 Å². The van der Waals surface area contributed by atoms with Gasteiger partial charge in [-0.2, -0.15) is 0 Å². The lowest BCUT2D eigenvalue weighted by Crippen LogP contribution is -1.98. The Bertz CT molecular complexity index is 2580. The van der Waals surface area contributed by atoms with Gasteiger partial charge in [0.2, 0.25) is 0 Å². The van der Waals surface area contributed by atoms with Crippen molar-refractivity contribution in [3.05, 3.63) is 170 Å². The Kier molecular flexibility index (Phi) is 6.46. The van der Waals surface area contributed by atoms with Crippen molar-refractivity contribution in [1.29, 1.82) is 0 Å². The quantitative estimate of drug-likeness (QED) is 0.189. The maximum Gasteiger partial charge on any atom is 0.161 e. The lowest BCUT2D eigenvalue weighted by atomic mass is 9.82. The van der Waals surface area contributed by atoms with Crippen LogP contribution in [0.15, 0.2) is 170 Å². The van der Waals surface area contributed by atoms with Crippen LogP contribution in [0.3, 0.4) is 0 Å². The largest absolute Gasteiger partial charge is 0.255 e. The summed E-state index contributed by atoms with van der Waals surface area (Å²) in [4.78, 5) is 19.6. The zero-order valence-electron chi connectivity index (χ0n) is 27.0. The Hall–Kier alpha value is -6.78. The van der Waals surface area contributed by atoms with E-state index >= 15 is 0 Å². The first-order chi connectivity index (χ1) is 24.8. The zero-order valence-corrected chi connectivity index (χ0v) is 27.0. The molecule has 4 nitrogen and oxygen atoms in total. The fourth-order valence-corrected chi connectivity index (χ4v) is 7.66. The number of pyridine rings is 2. The molecule has 0 saturated carbocycles. The third-order valence-corrected chi connectivity index (χ3v) is 9.74. The van der Waals surface area contributed by atoms with E-state index in [0.717, 1.165) is 33.7 Å². The minimum Gasteiger partial charge on any atom is -0.255 e. The summed E-state index contributed by atoms with van der Waals surface area (Å²) in [6.07, 6.45) is 3.60. The predicted octanol–water partition coefficient (Wildman–Crippen LogP) is 11.6. The molecule has 4 heteroatoms. The van der Waals surface area contributed by atoms with Crippen LogP contribution in [0.1, 0.15) is 0 Å². The molecule has 0 N–H and O–H groups in total. The summed E-state index contributed by atoms with van der Waals surface area (Å²) < 4.78 is 0. The topological polar surface area (TPSA) is 51.6 Å². The van der Waals surface area contributed by atoms with E-state index in [0.29, 0.717) is 5.82 Å². The standard InChI is InChI=1S/C46H28N4/c1-3-14-29(15-4-1)41-31-18-7-8-19-32(31)42(30-16-5-2-6-17-30)45-36-25-24-34(33-20-13-21-35(43(33)36)44(41)45)46-49-39(37-22-9-11-26-47-37)28-40(50-46)38-23-10-12-27-48-38/h1-28H.